The van der Waals surface area contributed by atoms with Gasteiger partial charge in [-0.1, -0.05) is 67.1 Å². The summed E-state index contributed by atoms with van der Waals surface area (Å²) in [6.07, 6.45) is 1.27. The third kappa shape index (κ3) is 8.90. The Balaban J connectivity index is 1.92. The molecule has 3 aromatic carbocycles. The Morgan fingerprint density at radius 2 is 1.62 bits per heavy atom. The van der Waals surface area contributed by atoms with Crippen LogP contribution in [0.2, 0.25) is 5.02 Å². The van der Waals surface area contributed by atoms with Gasteiger partial charge in [0.2, 0.25) is 5.91 Å². The first-order valence-corrected chi connectivity index (χ1v) is 13.5. The van der Waals surface area contributed by atoms with Crippen LogP contribution in [0.25, 0.3) is 0 Å². The zero-order valence-electron chi connectivity index (χ0n) is 21.8. The normalized spacial score (nSPS) is 12.1. The van der Waals surface area contributed by atoms with E-state index < -0.39 is 11.6 Å². The molecule has 1 atom stereocenters. The zero-order valence-corrected chi connectivity index (χ0v) is 24.1. The van der Waals surface area contributed by atoms with Crippen molar-refractivity contribution in [3.05, 3.63) is 99.0 Å². The molecule has 37 heavy (non-hydrogen) atoms. The topological polar surface area (TPSA) is 58.6 Å². The van der Waals surface area contributed by atoms with Gasteiger partial charge in [0, 0.05) is 23.5 Å². The molecule has 0 saturated heterocycles. The lowest BCUT2D eigenvalue weighted by molar-refractivity contribution is -0.143. The van der Waals surface area contributed by atoms with Crippen LogP contribution in [0.4, 0.5) is 0 Å². The van der Waals surface area contributed by atoms with Crippen LogP contribution in [0.3, 0.4) is 0 Å². The van der Waals surface area contributed by atoms with E-state index in [2.05, 4.69) is 28.2 Å². The molecule has 196 valence electrons. The van der Waals surface area contributed by atoms with E-state index in [0.29, 0.717) is 17.2 Å². The second-order valence-electron chi connectivity index (χ2n) is 10.00. The van der Waals surface area contributed by atoms with E-state index >= 15 is 0 Å². The highest BCUT2D eigenvalue weighted by Crippen LogP contribution is 2.26. The molecule has 0 aliphatic heterocycles. The number of carbonyl (C=O) groups is 2. The Morgan fingerprint density at radius 3 is 2.22 bits per heavy atom. The van der Waals surface area contributed by atoms with E-state index in [9.17, 15) is 9.59 Å². The van der Waals surface area contributed by atoms with Crippen molar-refractivity contribution in [3.63, 3.8) is 0 Å². The predicted molar refractivity (Wildman–Crippen MR) is 153 cm³/mol. The number of nitrogens with zero attached hydrogens (tertiary/aromatic N) is 1. The fraction of sp³-hybridized carbons (Fsp3) is 0.333. The smallest absolute Gasteiger partial charge is 0.261 e. The van der Waals surface area contributed by atoms with Gasteiger partial charge in [-0.2, -0.15) is 0 Å². The fourth-order valence-corrected chi connectivity index (χ4v) is 4.56. The van der Waals surface area contributed by atoms with Crippen molar-refractivity contribution in [3.8, 4) is 5.75 Å². The summed E-state index contributed by atoms with van der Waals surface area (Å²) in [7, 11) is 0. The number of halogens is 2. The summed E-state index contributed by atoms with van der Waals surface area (Å²) >= 11 is 9.63. The van der Waals surface area contributed by atoms with Crippen molar-refractivity contribution >= 4 is 39.3 Å². The summed E-state index contributed by atoms with van der Waals surface area (Å²) in [6, 6.07) is 22.1. The number of benzene rings is 3. The van der Waals surface area contributed by atoms with Crippen LogP contribution in [-0.4, -0.2) is 34.9 Å². The molecule has 0 bridgehead atoms. The van der Waals surface area contributed by atoms with Gasteiger partial charge in [-0.05, 0) is 84.1 Å². The van der Waals surface area contributed by atoms with Gasteiger partial charge in [0.05, 0.1) is 4.47 Å². The molecule has 0 aliphatic rings. The SMILES string of the molecule is CCc1ccc(OCC(=O)N(Cc2ccc(Cl)cc2)[C@H](Cc2ccccc2)C(=O)NC(C)(C)C)c(Br)c1. The first kappa shape index (κ1) is 28.7. The maximum Gasteiger partial charge on any atom is 0.261 e. The Labute approximate surface area is 233 Å². The predicted octanol–water partition coefficient (Wildman–Crippen LogP) is 6.60. The molecule has 5 nitrogen and oxygen atoms in total. The fourth-order valence-electron chi connectivity index (χ4n) is 3.90. The Hall–Kier alpha value is -2.83. The minimum absolute atomic E-state index is 0.203. The molecule has 0 unspecified atom stereocenters. The Bertz CT molecular complexity index is 1190. The van der Waals surface area contributed by atoms with Crippen LogP contribution in [0.1, 0.15) is 44.4 Å². The second kappa shape index (κ2) is 13.1. The highest BCUT2D eigenvalue weighted by atomic mass is 79.9. The van der Waals surface area contributed by atoms with Crippen LogP contribution >= 0.6 is 27.5 Å². The maximum absolute atomic E-state index is 13.7. The van der Waals surface area contributed by atoms with Crippen molar-refractivity contribution in [2.75, 3.05) is 6.61 Å². The lowest BCUT2D eigenvalue weighted by Crippen LogP contribution is -2.55. The number of carbonyl (C=O) groups excluding carboxylic acids is 2. The summed E-state index contributed by atoms with van der Waals surface area (Å²) in [5.74, 6) is 0.0781. The van der Waals surface area contributed by atoms with Crippen LogP contribution in [0, 0.1) is 0 Å². The number of amides is 2. The number of ether oxygens (including phenoxy) is 1. The quantitative estimate of drug-likeness (QED) is 0.292. The molecular formula is C30H34BrClN2O3. The van der Waals surface area contributed by atoms with Crippen LogP contribution in [-0.2, 0) is 29.0 Å². The molecule has 0 fully saturated rings. The summed E-state index contributed by atoms with van der Waals surface area (Å²) in [5, 5.41) is 3.67. The maximum atomic E-state index is 13.7. The molecule has 7 heteroatoms. The average molecular weight is 586 g/mol. The first-order chi connectivity index (χ1) is 17.6. The monoisotopic (exact) mass is 584 g/mol. The number of hydrogen-bond acceptors (Lipinski definition) is 3. The Morgan fingerprint density at radius 1 is 0.973 bits per heavy atom. The van der Waals surface area contributed by atoms with Crippen molar-refractivity contribution in [2.24, 2.45) is 0 Å². The summed E-state index contributed by atoms with van der Waals surface area (Å²) in [6.45, 7) is 7.90. The van der Waals surface area contributed by atoms with Gasteiger partial charge < -0.3 is 15.0 Å². The number of hydrogen-bond donors (Lipinski definition) is 1. The molecule has 0 saturated carbocycles. The van der Waals surface area contributed by atoms with Gasteiger partial charge >= 0.3 is 0 Å². The zero-order chi connectivity index (χ0) is 27.0. The van der Waals surface area contributed by atoms with E-state index in [0.717, 1.165) is 27.6 Å². The highest BCUT2D eigenvalue weighted by molar-refractivity contribution is 9.10. The first-order valence-electron chi connectivity index (χ1n) is 12.4. The largest absolute Gasteiger partial charge is 0.483 e. The molecule has 0 radical (unpaired) electrons. The minimum Gasteiger partial charge on any atom is -0.483 e. The average Bonchev–Trinajstić information content (AvgIpc) is 2.85. The lowest BCUT2D eigenvalue weighted by atomic mass is 10.0. The van der Waals surface area contributed by atoms with E-state index in [1.54, 1.807) is 17.0 Å². The summed E-state index contributed by atoms with van der Waals surface area (Å²) < 4.78 is 6.71. The molecule has 0 spiro atoms. The number of aryl methyl sites for hydroxylation is 1. The van der Waals surface area contributed by atoms with Crippen LogP contribution in [0.5, 0.6) is 5.75 Å². The second-order valence-corrected chi connectivity index (χ2v) is 11.3. The van der Waals surface area contributed by atoms with Crippen LogP contribution < -0.4 is 10.1 Å². The number of rotatable bonds is 10. The van der Waals surface area contributed by atoms with Gasteiger partial charge in [0.25, 0.3) is 5.91 Å². The van der Waals surface area contributed by atoms with Gasteiger partial charge in [-0.15, -0.1) is 0 Å². The molecule has 1 N–H and O–H groups in total. The van der Waals surface area contributed by atoms with E-state index in [4.69, 9.17) is 16.3 Å². The van der Waals surface area contributed by atoms with Gasteiger partial charge in [0.1, 0.15) is 11.8 Å². The third-order valence-electron chi connectivity index (χ3n) is 5.79. The van der Waals surface area contributed by atoms with E-state index in [1.807, 2.05) is 81.4 Å². The minimum atomic E-state index is -0.737. The van der Waals surface area contributed by atoms with E-state index in [1.165, 1.54) is 0 Å². The molecule has 0 aliphatic carbocycles. The van der Waals surface area contributed by atoms with Crippen molar-refractivity contribution in [2.45, 2.75) is 58.7 Å². The standard InChI is InChI=1S/C30H34BrClN2O3/c1-5-21-13-16-27(25(31)17-21)37-20-28(35)34(19-23-11-14-24(32)15-12-23)26(29(36)33-30(2,3)4)18-22-9-7-6-8-10-22/h6-17,26H,5,18-20H2,1-4H3,(H,33,36)/t26-/m1/s1. The molecule has 0 aromatic heterocycles. The van der Waals surface area contributed by atoms with E-state index in [-0.39, 0.29) is 25.0 Å². The Kier molecular flexibility index (Phi) is 10.2. The van der Waals surface area contributed by atoms with Crippen molar-refractivity contribution in [1.29, 1.82) is 0 Å². The lowest BCUT2D eigenvalue weighted by Gasteiger charge is -2.33. The van der Waals surface area contributed by atoms with Gasteiger partial charge in [0.15, 0.2) is 6.61 Å². The molecular weight excluding hydrogens is 552 g/mol. The van der Waals surface area contributed by atoms with Gasteiger partial charge in [-0.25, -0.2) is 0 Å². The summed E-state index contributed by atoms with van der Waals surface area (Å²) in [5.41, 5.74) is 2.54. The highest BCUT2D eigenvalue weighted by Gasteiger charge is 2.32. The number of nitrogens with one attached hydrogen (secondary N) is 1. The third-order valence-corrected chi connectivity index (χ3v) is 6.66. The summed E-state index contributed by atoms with van der Waals surface area (Å²) in [4.78, 5) is 28.9. The molecule has 3 rings (SSSR count). The molecule has 0 heterocycles. The molecule has 3 aromatic rings. The van der Waals surface area contributed by atoms with Crippen molar-refractivity contribution in [1.82, 2.24) is 10.2 Å². The molecule has 2 amide bonds. The van der Waals surface area contributed by atoms with Gasteiger partial charge in [-0.3, -0.25) is 9.59 Å². The van der Waals surface area contributed by atoms with Crippen LogP contribution in [0.15, 0.2) is 77.3 Å². The van der Waals surface area contributed by atoms with Crippen molar-refractivity contribution < 1.29 is 14.3 Å².